The van der Waals surface area contributed by atoms with Gasteiger partial charge in [0.2, 0.25) is 0 Å². The van der Waals surface area contributed by atoms with Crippen LogP contribution >= 0.6 is 0 Å². The van der Waals surface area contributed by atoms with Crippen LogP contribution in [0.5, 0.6) is 5.75 Å². The second-order valence-corrected chi connectivity index (χ2v) is 5.39. The third kappa shape index (κ3) is 2.70. The highest BCUT2D eigenvalue weighted by atomic mass is 16.5. The van der Waals surface area contributed by atoms with Crippen LogP contribution in [0.2, 0.25) is 0 Å². The van der Waals surface area contributed by atoms with E-state index in [9.17, 15) is 0 Å². The Kier molecular flexibility index (Phi) is 3.48. The molecule has 100 valence electrons. The summed E-state index contributed by atoms with van der Waals surface area (Å²) in [7, 11) is 1.71. The van der Waals surface area contributed by atoms with Crippen molar-refractivity contribution >= 4 is 0 Å². The number of ether oxygens (including phenoxy) is 1. The van der Waals surface area contributed by atoms with Crippen molar-refractivity contribution in [3.8, 4) is 17.6 Å². The lowest BCUT2D eigenvalue weighted by Crippen LogP contribution is -1.91. The largest absolute Gasteiger partial charge is 0.497 e. The molecule has 0 saturated heterocycles. The minimum atomic E-state index is 0.644. The van der Waals surface area contributed by atoms with Crippen LogP contribution in [0.3, 0.4) is 0 Å². The smallest absolute Gasteiger partial charge is 0.119 e. The molecule has 20 heavy (non-hydrogen) atoms. The van der Waals surface area contributed by atoms with Gasteiger partial charge in [0.25, 0.3) is 0 Å². The average molecular weight is 262 g/mol. The van der Waals surface area contributed by atoms with Gasteiger partial charge < -0.3 is 4.74 Å². The Bertz CT molecular complexity index is 661. The first kappa shape index (κ1) is 12.8. The summed E-state index contributed by atoms with van der Waals surface area (Å²) in [6.07, 6.45) is 1.26. The van der Waals surface area contributed by atoms with Gasteiger partial charge >= 0.3 is 0 Å². The first-order valence-electron chi connectivity index (χ1n) is 7.03. The molecule has 0 radical (unpaired) electrons. The van der Waals surface area contributed by atoms with E-state index in [1.165, 1.54) is 12.0 Å². The molecule has 2 aromatic rings. The van der Waals surface area contributed by atoms with E-state index in [-0.39, 0.29) is 0 Å². The van der Waals surface area contributed by atoms with E-state index < -0.39 is 0 Å². The van der Waals surface area contributed by atoms with Gasteiger partial charge in [0.1, 0.15) is 5.75 Å². The van der Waals surface area contributed by atoms with Crippen molar-refractivity contribution in [1.82, 2.24) is 0 Å². The zero-order chi connectivity index (χ0) is 13.9. The Morgan fingerprint density at radius 1 is 1.05 bits per heavy atom. The van der Waals surface area contributed by atoms with Crippen LogP contribution in [0.25, 0.3) is 0 Å². The fourth-order valence-electron chi connectivity index (χ4n) is 2.50. The Hall–Kier alpha value is -2.20. The van der Waals surface area contributed by atoms with E-state index in [2.05, 4.69) is 30.9 Å². The number of hydrogen-bond acceptors (Lipinski definition) is 1. The van der Waals surface area contributed by atoms with E-state index in [1.807, 2.05) is 36.4 Å². The first-order valence-corrected chi connectivity index (χ1v) is 7.03. The maximum atomic E-state index is 5.34. The Labute approximate surface area is 120 Å². The van der Waals surface area contributed by atoms with Crippen molar-refractivity contribution in [2.45, 2.75) is 19.3 Å². The lowest BCUT2D eigenvalue weighted by molar-refractivity contribution is 0.414. The predicted molar refractivity (Wildman–Crippen MR) is 81.9 cm³/mol. The summed E-state index contributed by atoms with van der Waals surface area (Å²) >= 11 is 0. The molecule has 1 aliphatic carbocycles. The molecule has 2 unspecified atom stereocenters. The van der Waals surface area contributed by atoms with Crippen LogP contribution in [-0.4, -0.2) is 7.11 Å². The van der Waals surface area contributed by atoms with Gasteiger partial charge in [-0.2, -0.15) is 0 Å². The first-order chi connectivity index (χ1) is 9.78. The number of hydrogen-bond donors (Lipinski definition) is 0. The van der Waals surface area contributed by atoms with Crippen LogP contribution < -0.4 is 4.74 Å². The molecule has 3 rings (SSSR count). The summed E-state index contributed by atoms with van der Waals surface area (Å²) in [6, 6.07) is 16.3. The summed E-state index contributed by atoms with van der Waals surface area (Å²) in [4.78, 5) is 0. The van der Waals surface area contributed by atoms with Gasteiger partial charge in [-0.05, 0) is 54.2 Å². The average Bonchev–Trinajstić information content (AvgIpc) is 3.23. The predicted octanol–water partition coefficient (Wildman–Crippen LogP) is 4.22. The molecule has 1 saturated carbocycles. The third-order valence-electron chi connectivity index (χ3n) is 3.88. The van der Waals surface area contributed by atoms with Gasteiger partial charge in [-0.25, -0.2) is 0 Å². The summed E-state index contributed by atoms with van der Waals surface area (Å²) in [5.41, 5.74) is 3.52. The van der Waals surface area contributed by atoms with Gasteiger partial charge in [-0.1, -0.05) is 37.0 Å². The molecular formula is C19H18O. The highest BCUT2D eigenvalue weighted by Gasteiger charge is 2.35. The number of rotatable bonds is 2. The lowest BCUT2D eigenvalue weighted by Gasteiger charge is -2.06. The zero-order valence-corrected chi connectivity index (χ0v) is 11.9. The molecule has 1 heteroatoms. The van der Waals surface area contributed by atoms with Crippen molar-refractivity contribution in [3.05, 3.63) is 65.2 Å². The summed E-state index contributed by atoms with van der Waals surface area (Å²) in [6.45, 7) is 2.29. The number of methoxy groups -OCH3 is 1. The van der Waals surface area contributed by atoms with Crippen LogP contribution in [0.4, 0.5) is 0 Å². The molecule has 0 heterocycles. The standard InChI is InChI=1S/C19H18O/c1-14-12-18(14)19-13-17(20-2)11-10-16(19)9-8-15-6-4-3-5-7-15/h3-7,10-11,13-14,18H,12H2,1-2H3. The molecule has 0 amide bonds. The molecule has 0 N–H and O–H groups in total. The van der Waals surface area contributed by atoms with Crippen molar-refractivity contribution in [3.63, 3.8) is 0 Å². The molecule has 0 spiro atoms. The second-order valence-electron chi connectivity index (χ2n) is 5.39. The minimum Gasteiger partial charge on any atom is -0.497 e. The molecule has 0 aliphatic heterocycles. The fourth-order valence-corrected chi connectivity index (χ4v) is 2.50. The Balaban J connectivity index is 1.95. The van der Waals surface area contributed by atoms with Crippen molar-refractivity contribution in [1.29, 1.82) is 0 Å². The maximum absolute atomic E-state index is 5.34. The number of benzene rings is 2. The second kappa shape index (κ2) is 5.43. The van der Waals surface area contributed by atoms with Gasteiger partial charge in [-0.15, -0.1) is 0 Å². The summed E-state index contributed by atoms with van der Waals surface area (Å²) in [5.74, 6) is 8.89. The van der Waals surface area contributed by atoms with Crippen LogP contribution in [0, 0.1) is 17.8 Å². The lowest BCUT2D eigenvalue weighted by atomic mass is 10.0. The monoisotopic (exact) mass is 262 g/mol. The SMILES string of the molecule is COc1ccc(C#Cc2ccccc2)c(C2CC2C)c1. The molecule has 1 aliphatic rings. The highest BCUT2D eigenvalue weighted by molar-refractivity contribution is 5.51. The summed E-state index contributed by atoms with van der Waals surface area (Å²) < 4.78 is 5.34. The maximum Gasteiger partial charge on any atom is 0.119 e. The quantitative estimate of drug-likeness (QED) is 0.736. The molecule has 0 aromatic heterocycles. The van der Waals surface area contributed by atoms with E-state index in [4.69, 9.17) is 4.74 Å². The van der Waals surface area contributed by atoms with E-state index >= 15 is 0 Å². The van der Waals surface area contributed by atoms with Crippen molar-refractivity contribution < 1.29 is 4.74 Å². The third-order valence-corrected chi connectivity index (χ3v) is 3.88. The fraction of sp³-hybridized carbons (Fsp3) is 0.263. The van der Waals surface area contributed by atoms with E-state index in [0.29, 0.717) is 5.92 Å². The molecule has 2 aromatic carbocycles. The summed E-state index contributed by atoms with van der Waals surface area (Å²) in [5, 5.41) is 0. The molecular weight excluding hydrogens is 244 g/mol. The Morgan fingerprint density at radius 3 is 2.45 bits per heavy atom. The van der Waals surface area contributed by atoms with Gasteiger partial charge in [-0.3, -0.25) is 0 Å². The van der Waals surface area contributed by atoms with Crippen LogP contribution in [0.1, 0.15) is 36.0 Å². The van der Waals surface area contributed by atoms with Gasteiger partial charge in [0.15, 0.2) is 0 Å². The Morgan fingerprint density at radius 2 is 1.80 bits per heavy atom. The van der Waals surface area contributed by atoms with Crippen molar-refractivity contribution in [2.75, 3.05) is 7.11 Å². The van der Waals surface area contributed by atoms with Crippen LogP contribution in [0.15, 0.2) is 48.5 Å². The van der Waals surface area contributed by atoms with Crippen molar-refractivity contribution in [2.24, 2.45) is 5.92 Å². The molecule has 2 atom stereocenters. The van der Waals surface area contributed by atoms with Gasteiger partial charge in [0, 0.05) is 11.1 Å². The van der Waals surface area contributed by atoms with E-state index in [0.717, 1.165) is 22.8 Å². The van der Waals surface area contributed by atoms with Crippen LogP contribution in [-0.2, 0) is 0 Å². The minimum absolute atomic E-state index is 0.644. The van der Waals surface area contributed by atoms with E-state index in [1.54, 1.807) is 7.11 Å². The molecule has 1 nitrogen and oxygen atoms in total. The highest BCUT2D eigenvalue weighted by Crippen LogP contribution is 2.48. The topological polar surface area (TPSA) is 9.23 Å². The zero-order valence-electron chi connectivity index (χ0n) is 11.9. The normalized spacial score (nSPS) is 19.9. The molecule has 1 fully saturated rings. The van der Waals surface area contributed by atoms with Gasteiger partial charge in [0.05, 0.1) is 7.11 Å². The molecule has 0 bridgehead atoms.